The maximum atomic E-state index is 13.5. The van der Waals surface area contributed by atoms with Crippen molar-refractivity contribution in [3.63, 3.8) is 0 Å². The molecule has 3 heterocycles. The van der Waals surface area contributed by atoms with E-state index >= 15 is 0 Å². The van der Waals surface area contributed by atoms with E-state index in [0.717, 1.165) is 5.56 Å². The molecule has 5 rings (SSSR count). The Morgan fingerprint density at radius 1 is 0.912 bits per heavy atom. The molecule has 0 aliphatic rings. The minimum atomic E-state index is -0.475. The summed E-state index contributed by atoms with van der Waals surface area (Å²) >= 11 is 1.32. The zero-order valence-corrected chi connectivity index (χ0v) is 18.1. The summed E-state index contributed by atoms with van der Waals surface area (Å²) in [5.74, 6) is 1.13. The van der Waals surface area contributed by atoms with Gasteiger partial charge in [0.25, 0.3) is 5.69 Å². The first-order chi connectivity index (χ1) is 16.6. The average molecular weight is 475 g/mol. The Morgan fingerprint density at radius 3 is 2.35 bits per heavy atom. The van der Waals surface area contributed by atoms with E-state index in [1.54, 1.807) is 36.7 Å². The lowest BCUT2D eigenvalue weighted by molar-refractivity contribution is -0.384. The highest BCUT2D eigenvalue weighted by Gasteiger charge is 2.18. The van der Waals surface area contributed by atoms with E-state index in [0.29, 0.717) is 33.9 Å². The lowest BCUT2D eigenvalue weighted by Gasteiger charge is -2.09. The van der Waals surface area contributed by atoms with Crippen molar-refractivity contribution in [3.05, 3.63) is 94.9 Å². The van der Waals surface area contributed by atoms with E-state index in [4.69, 9.17) is 4.42 Å². The molecule has 10 nitrogen and oxygen atoms in total. The molecule has 0 fully saturated rings. The van der Waals surface area contributed by atoms with E-state index in [-0.39, 0.29) is 17.4 Å². The maximum absolute atomic E-state index is 13.5. The first-order valence-electron chi connectivity index (χ1n) is 9.90. The smallest absolute Gasteiger partial charge is 0.269 e. The molecule has 168 valence electrons. The molecule has 3 aromatic heterocycles. The van der Waals surface area contributed by atoms with Crippen LogP contribution in [0.25, 0.3) is 28.5 Å². The summed E-state index contributed by atoms with van der Waals surface area (Å²) in [6.07, 6.45) is 3.31. The van der Waals surface area contributed by atoms with Crippen LogP contribution >= 0.6 is 11.8 Å². The van der Waals surface area contributed by atoms with Gasteiger partial charge in [0.2, 0.25) is 11.8 Å². The Morgan fingerprint density at radius 2 is 1.65 bits per heavy atom. The fourth-order valence-corrected chi connectivity index (χ4v) is 3.94. The molecular weight excluding hydrogens is 461 g/mol. The van der Waals surface area contributed by atoms with Crippen LogP contribution in [-0.2, 0) is 5.75 Å². The third-order valence-electron chi connectivity index (χ3n) is 4.77. The van der Waals surface area contributed by atoms with Crippen molar-refractivity contribution in [2.24, 2.45) is 0 Å². The lowest BCUT2D eigenvalue weighted by Crippen LogP contribution is -2.00. The largest absolute Gasteiger partial charge is 0.420 e. The highest BCUT2D eigenvalue weighted by Crippen LogP contribution is 2.30. The number of aromatic nitrogens is 6. The maximum Gasteiger partial charge on any atom is 0.269 e. The number of nitro benzene ring substituents is 1. The lowest BCUT2D eigenvalue weighted by atomic mass is 10.2. The standard InChI is InChI=1S/C22H14FN7O3S/c23-16-3-7-17(8-4-16)29-20(14-9-11-24-12-10-14)26-28-22(29)34-13-19-25-27-21(33-19)15-1-5-18(6-2-15)30(31)32/h1-12H,13H2. The number of hydrogen-bond acceptors (Lipinski definition) is 9. The molecule has 12 heteroatoms. The topological polar surface area (TPSA) is 126 Å². The van der Waals surface area contributed by atoms with Gasteiger partial charge in [0.1, 0.15) is 5.82 Å². The number of benzene rings is 2. The number of non-ortho nitro benzene ring substituents is 1. The van der Waals surface area contributed by atoms with Gasteiger partial charge in [-0.1, -0.05) is 11.8 Å². The summed E-state index contributed by atoms with van der Waals surface area (Å²) in [6.45, 7) is 0. The number of hydrogen-bond donors (Lipinski definition) is 0. The van der Waals surface area contributed by atoms with Crippen LogP contribution < -0.4 is 0 Å². The molecule has 0 atom stereocenters. The quantitative estimate of drug-likeness (QED) is 0.187. The number of halogens is 1. The van der Waals surface area contributed by atoms with E-state index in [9.17, 15) is 14.5 Å². The number of nitro groups is 1. The highest BCUT2D eigenvalue weighted by atomic mass is 32.2. The fraction of sp³-hybridized carbons (Fsp3) is 0.0455. The van der Waals surface area contributed by atoms with Crippen LogP contribution in [0.15, 0.2) is 82.6 Å². The molecule has 0 amide bonds. The highest BCUT2D eigenvalue weighted by molar-refractivity contribution is 7.98. The van der Waals surface area contributed by atoms with Crippen LogP contribution in [0.3, 0.4) is 0 Å². The van der Waals surface area contributed by atoms with E-state index in [1.165, 1.54) is 36.0 Å². The summed E-state index contributed by atoms with van der Waals surface area (Å²) in [4.78, 5) is 14.4. The molecule has 0 bridgehead atoms. The van der Waals surface area contributed by atoms with E-state index in [1.807, 2.05) is 16.7 Å². The number of pyridine rings is 1. The monoisotopic (exact) mass is 475 g/mol. The Kier molecular flexibility index (Phi) is 5.79. The van der Waals surface area contributed by atoms with Crippen LogP contribution in [0.1, 0.15) is 5.89 Å². The SMILES string of the molecule is O=[N+]([O-])c1ccc(-c2nnc(CSc3nnc(-c4ccncc4)n3-c3ccc(F)cc3)o2)cc1. The zero-order valence-electron chi connectivity index (χ0n) is 17.3. The van der Waals surface area contributed by atoms with Gasteiger partial charge in [-0.25, -0.2) is 4.39 Å². The second kappa shape index (κ2) is 9.19. The van der Waals surface area contributed by atoms with Crippen molar-refractivity contribution in [2.75, 3.05) is 0 Å². The van der Waals surface area contributed by atoms with Crippen LogP contribution in [0.4, 0.5) is 10.1 Å². The summed E-state index contributed by atoms with van der Waals surface area (Å²) in [5.41, 5.74) is 2.04. The Labute approximate surface area is 195 Å². The van der Waals surface area contributed by atoms with Crippen molar-refractivity contribution >= 4 is 17.4 Å². The number of thioether (sulfide) groups is 1. The van der Waals surface area contributed by atoms with Gasteiger partial charge in [-0.15, -0.1) is 20.4 Å². The summed E-state index contributed by atoms with van der Waals surface area (Å²) < 4.78 is 21.0. The van der Waals surface area contributed by atoms with Gasteiger partial charge in [-0.2, -0.15) is 0 Å². The predicted octanol–water partition coefficient (Wildman–Crippen LogP) is 4.72. The van der Waals surface area contributed by atoms with Gasteiger partial charge >= 0.3 is 0 Å². The van der Waals surface area contributed by atoms with Crippen LogP contribution in [-0.4, -0.2) is 34.9 Å². The predicted molar refractivity (Wildman–Crippen MR) is 120 cm³/mol. The summed E-state index contributed by atoms with van der Waals surface area (Å²) in [6, 6.07) is 15.5. The Balaban J connectivity index is 1.40. The fourth-order valence-electron chi connectivity index (χ4n) is 3.15. The van der Waals surface area contributed by atoms with Crippen molar-refractivity contribution in [1.29, 1.82) is 0 Å². The van der Waals surface area contributed by atoms with Crippen molar-refractivity contribution < 1.29 is 13.7 Å². The minimum absolute atomic E-state index is 0.0239. The molecular formula is C22H14FN7O3S. The zero-order chi connectivity index (χ0) is 23.5. The number of rotatable bonds is 7. The molecule has 0 unspecified atom stereocenters. The molecule has 34 heavy (non-hydrogen) atoms. The normalized spacial score (nSPS) is 11.0. The first kappa shape index (κ1) is 21.4. The minimum Gasteiger partial charge on any atom is -0.420 e. The molecule has 0 spiro atoms. The summed E-state index contributed by atoms with van der Waals surface area (Å²) in [5, 5.41) is 28.1. The molecule has 0 saturated carbocycles. The molecule has 0 aliphatic carbocycles. The van der Waals surface area contributed by atoms with E-state index < -0.39 is 4.92 Å². The third-order valence-corrected chi connectivity index (χ3v) is 5.69. The molecule has 0 aliphatic heterocycles. The van der Waals surface area contributed by atoms with Crippen LogP contribution in [0.5, 0.6) is 0 Å². The van der Waals surface area contributed by atoms with Gasteiger partial charge in [0.05, 0.1) is 10.7 Å². The molecule has 2 aromatic carbocycles. The van der Waals surface area contributed by atoms with Crippen LogP contribution in [0, 0.1) is 15.9 Å². The second-order valence-corrected chi connectivity index (χ2v) is 7.89. The number of nitrogens with zero attached hydrogens (tertiary/aromatic N) is 7. The van der Waals surface area contributed by atoms with Gasteiger partial charge in [0, 0.05) is 41.3 Å². The van der Waals surface area contributed by atoms with Gasteiger partial charge in [-0.3, -0.25) is 19.7 Å². The second-order valence-electron chi connectivity index (χ2n) is 6.95. The van der Waals surface area contributed by atoms with Gasteiger partial charge < -0.3 is 4.42 Å². The van der Waals surface area contributed by atoms with Gasteiger partial charge in [-0.05, 0) is 48.5 Å². The van der Waals surface area contributed by atoms with Crippen molar-refractivity contribution in [1.82, 2.24) is 29.9 Å². The first-order valence-corrected chi connectivity index (χ1v) is 10.9. The van der Waals surface area contributed by atoms with Crippen molar-refractivity contribution in [3.8, 4) is 28.5 Å². The molecule has 0 radical (unpaired) electrons. The van der Waals surface area contributed by atoms with Crippen LogP contribution in [0.2, 0.25) is 0 Å². The summed E-state index contributed by atoms with van der Waals surface area (Å²) in [7, 11) is 0. The van der Waals surface area contributed by atoms with Crippen molar-refractivity contribution in [2.45, 2.75) is 10.9 Å². The Bertz CT molecular complexity index is 1440. The molecule has 5 aromatic rings. The molecule has 0 N–H and O–H groups in total. The molecule has 0 saturated heterocycles. The third kappa shape index (κ3) is 4.38. The Hall–Kier alpha value is -4.45. The van der Waals surface area contributed by atoms with E-state index in [2.05, 4.69) is 25.4 Å². The van der Waals surface area contributed by atoms with Gasteiger partial charge in [0.15, 0.2) is 11.0 Å². The average Bonchev–Trinajstić information content (AvgIpc) is 3.51.